The molecule has 0 amide bonds. The Morgan fingerprint density at radius 1 is 1.54 bits per heavy atom. The van der Waals surface area contributed by atoms with Gasteiger partial charge in [0.05, 0.1) is 5.41 Å². The smallest absolute Gasteiger partial charge is 0.110 e. The molecule has 0 aliphatic rings. The van der Waals surface area contributed by atoms with Gasteiger partial charge >= 0.3 is 0 Å². The van der Waals surface area contributed by atoms with Gasteiger partial charge in [0, 0.05) is 11.1 Å². The van der Waals surface area contributed by atoms with Crippen molar-refractivity contribution in [3.05, 3.63) is 16.1 Å². The number of aromatic nitrogens is 1. The molecule has 0 N–H and O–H groups in total. The number of hydrogen-bond acceptors (Lipinski definition) is 2. The van der Waals surface area contributed by atoms with Gasteiger partial charge in [-0.15, -0.1) is 17.8 Å². The molecule has 0 spiro atoms. The number of hydrogen-bond donors (Lipinski definition) is 0. The van der Waals surface area contributed by atoms with E-state index in [9.17, 15) is 0 Å². The molecule has 0 unspecified atom stereocenters. The van der Waals surface area contributed by atoms with E-state index in [1.54, 1.807) is 11.3 Å². The lowest BCUT2D eigenvalue weighted by atomic mass is 9.96. The number of terminal acetylenes is 1. The zero-order chi connectivity index (χ0) is 10.1. The standard InChI is InChI=1S/C11H15NS/c1-6-11(4,5)10-12-7-9(13-10)8(2)3/h1,7-8H,2-5H3. The van der Waals surface area contributed by atoms with Crippen LogP contribution >= 0.6 is 11.3 Å². The van der Waals surface area contributed by atoms with Gasteiger partial charge in [0.25, 0.3) is 0 Å². The van der Waals surface area contributed by atoms with Gasteiger partial charge in [-0.05, 0) is 19.8 Å². The Balaban J connectivity index is 3.00. The third kappa shape index (κ3) is 2.10. The summed E-state index contributed by atoms with van der Waals surface area (Å²) in [5.41, 5.74) is -0.224. The van der Waals surface area contributed by atoms with Gasteiger partial charge in [-0.2, -0.15) is 0 Å². The molecular weight excluding hydrogens is 178 g/mol. The Morgan fingerprint density at radius 3 is 2.54 bits per heavy atom. The molecule has 1 nitrogen and oxygen atoms in total. The average Bonchev–Trinajstić information content (AvgIpc) is 2.52. The maximum absolute atomic E-state index is 5.44. The highest BCUT2D eigenvalue weighted by atomic mass is 32.1. The summed E-state index contributed by atoms with van der Waals surface area (Å²) in [5.74, 6) is 3.30. The molecule has 0 bridgehead atoms. The van der Waals surface area contributed by atoms with E-state index in [-0.39, 0.29) is 5.41 Å². The molecule has 0 radical (unpaired) electrons. The number of thiazole rings is 1. The predicted molar refractivity (Wildman–Crippen MR) is 58.1 cm³/mol. The molecule has 0 aliphatic carbocycles. The van der Waals surface area contributed by atoms with Crippen molar-refractivity contribution in [3.8, 4) is 12.3 Å². The highest BCUT2D eigenvalue weighted by molar-refractivity contribution is 7.11. The molecule has 2 heteroatoms. The largest absolute Gasteiger partial charge is 0.248 e. The fourth-order valence-corrected chi connectivity index (χ4v) is 1.89. The summed E-state index contributed by atoms with van der Waals surface area (Å²) in [7, 11) is 0. The molecule has 70 valence electrons. The summed E-state index contributed by atoms with van der Waals surface area (Å²) in [6, 6.07) is 0. The first-order valence-electron chi connectivity index (χ1n) is 4.41. The molecule has 0 aliphatic heterocycles. The van der Waals surface area contributed by atoms with E-state index in [4.69, 9.17) is 6.42 Å². The monoisotopic (exact) mass is 193 g/mol. The van der Waals surface area contributed by atoms with E-state index in [1.165, 1.54) is 4.88 Å². The molecule has 0 saturated heterocycles. The van der Waals surface area contributed by atoms with Crippen LogP contribution in [-0.4, -0.2) is 4.98 Å². The third-order valence-electron chi connectivity index (χ3n) is 1.99. The molecule has 1 aromatic heterocycles. The Labute approximate surface area is 84.2 Å². The first-order valence-corrected chi connectivity index (χ1v) is 5.23. The number of nitrogens with zero attached hydrogens (tertiary/aromatic N) is 1. The van der Waals surface area contributed by atoms with Crippen LogP contribution in [0.5, 0.6) is 0 Å². The summed E-state index contributed by atoms with van der Waals surface area (Å²) < 4.78 is 0. The van der Waals surface area contributed by atoms with Crippen molar-refractivity contribution >= 4 is 11.3 Å². The zero-order valence-electron chi connectivity index (χ0n) is 8.59. The minimum absolute atomic E-state index is 0.224. The second-order valence-corrected chi connectivity index (χ2v) is 5.05. The van der Waals surface area contributed by atoms with Crippen LogP contribution < -0.4 is 0 Å². The van der Waals surface area contributed by atoms with Crippen molar-refractivity contribution in [2.75, 3.05) is 0 Å². The van der Waals surface area contributed by atoms with E-state index in [2.05, 4.69) is 24.8 Å². The highest BCUT2D eigenvalue weighted by Crippen LogP contribution is 2.30. The lowest BCUT2D eigenvalue weighted by molar-refractivity contribution is 0.691. The molecule has 0 atom stereocenters. The van der Waals surface area contributed by atoms with E-state index in [0.717, 1.165) is 5.01 Å². The van der Waals surface area contributed by atoms with Gasteiger partial charge in [0.15, 0.2) is 0 Å². The Hall–Kier alpha value is -0.810. The van der Waals surface area contributed by atoms with Crippen molar-refractivity contribution in [2.24, 2.45) is 0 Å². The fraction of sp³-hybridized carbons (Fsp3) is 0.545. The lowest BCUT2D eigenvalue weighted by Gasteiger charge is -2.12. The topological polar surface area (TPSA) is 12.9 Å². The summed E-state index contributed by atoms with van der Waals surface area (Å²) in [6.45, 7) is 8.38. The van der Waals surface area contributed by atoms with Crippen LogP contribution in [0, 0.1) is 12.3 Å². The zero-order valence-corrected chi connectivity index (χ0v) is 9.40. The predicted octanol–water partition coefficient (Wildman–Crippen LogP) is 3.18. The second kappa shape index (κ2) is 3.51. The maximum atomic E-state index is 5.44. The first kappa shape index (κ1) is 10.3. The lowest BCUT2D eigenvalue weighted by Crippen LogP contribution is -2.12. The fourth-order valence-electron chi connectivity index (χ4n) is 0.904. The van der Waals surface area contributed by atoms with E-state index >= 15 is 0 Å². The minimum atomic E-state index is -0.224. The van der Waals surface area contributed by atoms with Gasteiger partial charge in [0.2, 0.25) is 0 Å². The molecule has 0 aromatic carbocycles. The molecule has 1 heterocycles. The average molecular weight is 193 g/mol. The molecule has 1 aromatic rings. The Kier molecular flexibility index (Phi) is 2.77. The Bertz CT molecular complexity index is 328. The summed E-state index contributed by atoms with van der Waals surface area (Å²) >= 11 is 1.72. The molecule has 0 fully saturated rings. The SMILES string of the molecule is C#CC(C)(C)c1ncc(C(C)C)s1. The summed E-state index contributed by atoms with van der Waals surface area (Å²) in [4.78, 5) is 5.66. The highest BCUT2D eigenvalue weighted by Gasteiger charge is 2.21. The summed E-state index contributed by atoms with van der Waals surface area (Å²) in [6.07, 6.45) is 7.37. The second-order valence-electron chi connectivity index (χ2n) is 3.99. The van der Waals surface area contributed by atoms with Gasteiger partial charge in [-0.25, -0.2) is 4.98 Å². The van der Waals surface area contributed by atoms with Crippen molar-refractivity contribution in [1.82, 2.24) is 4.98 Å². The van der Waals surface area contributed by atoms with Gasteiger partial charge in [-0.3, -0.25) is 0 Å². The van der Waals surface area contributed by atoms with Crippen molar-refractivity contribution in [1.29, 1.82) is 0 Å². The van der Waals surface area contributed by atoms with Crippen molar-refractivity contribution in [3.63, 3.8) is 0 Å². The van der Waals surface area contributed by atoms with Crippen LogP contribution in [0.3, 0.4) is 0 Å². The van der Waals surface area contributed by atoms with Crippen LogP contribution in [0.25, 0.3) is 0 Å². The summed E-state index contributed by atoms with van der Waals surface area (Å²) in [5, 5.41) is 1.04. The van der Waals surface area contributed by atoms with Gasteiger partial charge in [-0.1, -0.05) is 19.8 Å². The molecule has 1 rings (SSSR count). The van der Waals surface area contributed by atoms with Gasteiger partial charge in [0.1, 0.15) is 5.01 Å². The quantitative estimate of drug-likeness (QED) is 0.657. The van der Waals surface area contributed by atoms with Crippen LogP contribution in [0.2, 0.25) is 0 Å². The third-order valence-corrected chi connectivity index (χ3v) is 3.61. The van der Waals surface area contributed by atoms with E-state index in [0.29, 0.717) is 5.92 Å². The van der Waals surface area contributed by atoms with Crippen LogP contribution in [0.15, 0.2) is 6.20 Å². The number of rotatable bonds is 2. The van der Waals surface area contributed by atoms with E-state index in [1.807, 2.05) is 20.0 Å². The molecule has 0 saturated carbocycles. The van der Waals surface area contributed by atoms with Crippen molar-refractivity contribution < 1.29 is 0 Å². The Morgan fingerprint density at radius 2 is 2.15 bits per heavy atom. The molecule has 13 heavy (non-hydrogen) atoms. The molecular formula is C11H15NS. The van der Waals surface area contributed by atoms with Crippen LogP contribution in [-0.2, 0) is 5.41 Å². The first-order chi connectivity index (χ1) is 5.97. The van der Waals surface area contributed by atoms with Crippen LogP contribution in [0.4, 0.5) is 0 Å². The van der Waals surface area contributed by atoms with E-state index < -0.39 is 0 Å². The van der Waals surface area contributed by atoms with Crippen LogP contribution in [0.1, 0.15) is 43.5 Å². The normalized spacial score (nSPS) is 11.7. The minimum Gasteiger partial charge on any atom is -0.248 e. The maximum Gasteiger partial charge on any atom is 0.110 e. The van der Waals surface area contributed by atoms with Gasteiger partial charge < -0.3 is 0 Å². The van der Waals surface area contributed by atoms with Crippen molar-refractivity contribution in [2.45, 2.75) is 39.0 Å².